The third-order valence-electron chi connectivity index (χ3n) is 4.19. The van der Waals surface area contributed by atoms with E-state index in [1.807, 2.05) is 13.8 Å². The summed E-state index contributed by atoms with van der Waals surface area (Å²) >= 11 is 0. The first-order chi connectivity index (χ1) is 10.7. The van der Waals surface area contributed by atoms with Crippen molar-refractivity contribution in [2.24, 2.45) is 0 Å². The molecule has 1 N–H and O–H groups in total. The summed E-state index contributed by atoms with van der Waals surface area (Å²) < 4.78 is 39.3. The molecule has 1 heterocycles. The molecule has 3 unspecified atom stereocenters. The highest BCUT2D eigenvalue weighted by atomic mass is 35.5. The van der Waals surface area contributed by atoms with Gasteiger partial charge in [-0.1, -0.05) is 25.1 Å². The molecule has 0 saturated carbocycles. The maximum absolute atomic E-state index is 13.1. The molecule has 1 aliphatic rings. The van der Waals surface area contributed by atoms with Crippen LogP contribution in [0.3, 0.4) is 0 Å². The third-order valence-corrected chi connectivity index (χ3v) is 4.19. The minimum absolute atomic E-state index is 0. The molecule has 1 aliphatic heterocycles. The van der Waals surface area contributed by atoms with Gasteiger partial charge >= 0.3 is 6.18 Å². The Morgan fingerprint density at radius 3 is 2.33 bits per heavy atom. The van der Waals surface area contributed by atoms with E-state index in [4.69, 9.17) is 0 Å². The van der Waals surface area contributed by atoms with Gasteiger partial charge in [0.2, 0.25) is 5.91 Å². The Morgan fingerprint density at radius 1 is 1.25 bits per heavy atom. The predicted molar refractivity (Wildman–Crippen MR) is 90.4 cm³/mol. The number of hydrogen-bond acceptors (Lipinski definition) is 2. The Bertz CT molecular complexity index is 555. The molecule has 24 heavy (non-hydrogen) atoms. The minimum atomic E-state index is -4.40. The number of rotatable bonds is 3. The van der Waals surface area contributed by atoms with E-state index < -0.39 is 17.7 Å². The van der Waals surface area contributed by atoms with Gasteiger partial charge in [0, 0.05) is 31.6 Å². The number of nitrogens with zero attached hydrogens (tertiary/aromatic N) is 1. The van der Waals surface area contributed by atoms with Gasteiger partial charge in [0.1, 0.15) is 0 Å². The second-order valence-corrected chi connectivity index (χ2v) is 6.46. The van der Waals surface area contributed by atoms with Crippen molar-refractivity contribution in [2.45, 2.75) is 51.4 Å². The normalized spacial score (nSPS) is 22.7. The van der Waals surface area contributed by atoms with Crippen LogP contribution in [0.4, 0.5) is 13.2 Å². The molecule has 0 radical (unpaired) electrons. The molecule has 0 aromatic heterocycles. The van der Waals surface area contributed by atoms with E-state index >= 15 is 0 Å². The molecule has 0 spiro atoms. The van der Waals surface area contributed by atoms with Crippen LogP contribution in [0.15, 0.2) is 24.3 Å². The van der Waals surface area contributed by atoms with E-state index in [9.17, 15) is 18.0 Å². The van der Waals surface area contributed by atoms with Crippen molar-refractivity contribution >= 4 is 18.3 Å². The van der Waals surface area contributed by atoms with Crippen molar-refractivity contribution in [2.75, 3.05) is 13.1 Å². The van der Waals surface area contributed by atoms with Gasteiger partial charge in [-0.2, -0.15) is 13.2 Å². The highest BCUT2D eigenvalue weighted by Gasteiger charge is 2.35. The number of alkyl halides is 3. The van der Waals surface area contributed by atoms with E-state index in [1.165, 1.54) is 12.1 Å². The molecule has 1 aromatic carbocycles. The number of hydrogen-bond donors (Lipinski definition) is 1. The maximum Gasteiger partial charge on any atom is 0.416 e. The van der Waals surface area contributed by atoms with Gasteiger partial charge in [-0.15, -0.1) is 12.4 Å². The Hall–Kier alpha value is -1.27. The van der Waals surface area contributed by atoms with Crippen molar-refractivity contribution in [1.82, 2.24) is 10.2 Å². The van der Waals surface area contributed by atoms with Crippen molar-refractivity contribution in [3.05, 3.63) is 35.4 Å². The van der Waals surface area contributed by atoms with Crippen LogP contribution in [-0.4, -0.2) is 36.0 Å². The molecule has 0 bridgehead atoms. The van der Waals surface area contributed by atoms with E-state index in [2.05, 4.69) is 5.32 Å². The van der Waals surface area contributed by atoms with Crippen LogP contribution >= 0.6 is 12.4 Å². The Balaban J connectivity index is 0.00000288. The smallest absolute Gasteiger partial charge is 0.340 e. The molecular formula is C17H24ClF3N2O. The Kier molecular flexibility index (Phi) is 7.10. The number of carbonyl (C=O) groups excluding carboxylic acids is 1. The molecule has 1 fully saturated rings. The average Bonchev–Trinajstić information content (AvgIpc) is 2.45. The number of piperazine rings is 1. The van der Waals surface area contributed by atoms with Crippen molar-refractivity contribution in [1.29, 1.82) is 0 Å². The molecule has 3 atom stereocenters. The molecule has 2 rings (SSSR count). The second-order valence-electron chi connectivity index (χ2n) is 6.46. The van der Waals surface area contributed by atoms with Crippen LogP contribution in [0.25, 0.3) is 0 Å². The summed E-state index contributed by atoms with van der Waals surface area (Å²) in [6.07, 6.45) is -4.31. The van der Waals surface area contributed by atoms with Gasteiger partial charge in [-0.3, -0.25) is 4.79 Å². The lowest BCUT2D eigenvalue weighted by Gasteiger charge is -2.36. The van der Waals surface area contributed by atoms with Crippen molar-refractivity contribution in [3.63, 3.8) is 0 Å². The summed E-state index contributed by atoms with van der Waals surface area (Å²) in [5.74, 6) is -0.560. The second kappa shape index (κ2) is 8.21. The van der Waals surface area contributed by atoms with E-state index in [0.29, 0.717) is 13.1 Å². The first-order valence-corrected chi connectivity index (χ1v) is 7.88. The Morgan fingerprint density at radius 2 is 1.79 bits per heavy atom. The molecule has 0 aliphatic carbocycles. The summed E-state index contributed by atoms with van der Waals surface area (Å²) in [7, 11) is 0. The van der Waals surface area contributed by atoms with Crippen LogP contribution in [0.2, 0.25) is 0 Å². The first-order valence-electron chi connectivity index (χ1n) is 7.88. The molecule has 7 heteroatoms. The van der Waals surface area contributed by atoms with Crippen molar-refractivity contribution < 1.29 is 18.0 Å². The highest BCUT2D eigenvalue weighted by molar-refractivity contribution is 5.85. The lowest BCUT2D eigenvalue weighted by atomic mass is 9.92. The van der Waals surface area contributed by atoms with Gasteiger partial charge in [0.05, 0.1) is 5.56 Å². The van der Waals surface area contributed by atoms with E-state index in [0.717, 1.165) is 6.07 Å². The number of benzene rings is 1. The lowest BCUT2D eigenvalue weighted by molar-refractivity contribution is -0.139. The van der Waals surface area contributed by atoms with Gasteiger partial charge in [-0.25, -0.2) is 0 Å². The average molecular weight is 365 g/mol. The standard InChI is InChI=1S/C17H23F3N2O.ClH/c1-11(14-6-4-5-7-15(14)17(18,19)20)8-16(23)22-9-12(2)21-13(3)10-22;/h4-7,11-13,21H,8-10H2,1-3H3;1H. The summed E-state index contributed by atoms with van der Waals surface area (Å²) in [6.45, 7) is 6.86. The van der Waals surface area contributed by atoms with Crippen LogP contribution in [0.1, 0.15) is 44.2 Å². The summed E-state index contributed by atoms with van der Waals surface area (Å²) in [5, 5.41) is 3.34. The monoisotopic (exact) mass is 364 g/mol. The zero-order valence-corrected chi connectivity index (χ0v) is 14.9. The number of carbonyl (C=O) groups is 1. The summed E-state index contributed by atoms with van der Waals surface area (Å²) in [6, 6.07) is 5.89. The lowest BCUT2D eigenvalue weighted by Crippen LogP contribution is -2.55. The molecule has 1 aromatic rings. The van der Waals surface area contributed by atoms with Crippen molar-refractivity contribution in [3.8, 4) is 0 Å². The number of nitrogens with one attached hydrogen (secondary N) is 1. The fourth-order valence-corrected chi connectivity index (χ4v) is 3.22. The van der Waals surface area contributed by atoms with E-state index in [1.54, 1.807) is 17.9 Å². The minimum Gasteiger partial charge on any atom is -0.340 e. The van der Waals surface area contributed by atoms with Gasteiger partial charge in [0.25, 0.3) is 0 Å². The predicted octanol–water partition coefficient (Wildman–Crippen LogP) is 3.83. The van der Waals surface area contributed by atoms with Crippen LogP contribution < -0.4 is 5.32 Å². The molecule has 3 nitrogen and oxygen atoms in total. The topological polar surface area (TPSA) is 32.3 Å². The molecule has 136 valence electrons. The van der Waals surface area contributed by atoms with Crippen LogP contribution in [-0.2, 0) is 11.0 Å². The first kappa shape index (κ1) is 20.8. The van der Waals surface area contributed by atoms with Gasteiger partial charge in [0.15, 0.2) is 0 Å². The maximum atomic E-state index is 13.1. The van der Waals surface area contributed by atoms with Crippen LogP contribution in [0.5, 0.6) is 0 Å². The SMILES string of the molecule is CC1CN(C(=O)CC(C)c2ccccc2C(F)(F)F)CC(C)N1.Cl. The summed E-state index contributed by atoms with van der Waals surface area (Å²) in [5.41, 5.74) is -0.466. The quantitative estimate of drug-likeness (QED) is 0.884. The molecular weight excluding hydrogens is 341 g/mol. The van der Waals surface area contributed by atoms with Crippen LogP contribution in [0, 0.1) is 0 Å². The van der Waals surface area contributed by atoms with Gasteiger partial charge < -0.3 is 10.2 Å². The molecule has 1 saturated heterocycles. The number of amides is 1. The van der Waals surface area contributed by atoms with Gasteiger partial charge in [-0.05, 0) is 31.4 Å². The number of halogens is 4. The zero-order valence-electron chi connectivity index (χ0n) is 14.1. The fraction of sp³-hybridized carbons (Fsp3) is 0.588. The molecule has 1 amide bonds. The third kappa shape index (κ3) is 5.11. The largest absolute Gasteiger partial charge is 0.416 e. The zero-order chi connectivity index (χ0) is 17.2. The van der Waals surface area contributed by atoms with E-state index in [-0.39, 0.29) is 42.4 Å². The summed E-state index contributed by atoms with van der Waals surface area (Å²) in [4.78, 5) is 14.2. The Labute approximate surface area is 147 Å². The highest BCUT2D eigenvalue weighted by Crippen LogP contribution is 2.36. The fourth-order valence-electron chi connectivity index (χ4n) is 3.22.